The number of halogens is 1. The highest BCUT2D eigenvalue weighted by Crippen LogP contribution is 2.16. The van der Waals surface area contributed by atoms with E-state index in [0.717, 1.165) is 0 Å². The lowest BCUT2D eigenvalue weighted by molar-refractivity contribution is 0.0493. The van der Waals surface area contributed by atoms with Crippen molar-refractivity contribution in [3.05, 3.63) is 70.7 Å². The SMILES string of the molecule is CC(C)(C)N(NC(=S)NC(=O)c1ccccc1Cl)C(=O)c1ccccc1. The Labute approximate surface area is 163 Å². The highest BCUT2D eigenvalue weighted by Gasteiger charge is 2.28. The van der Waals surface area contributed by atoms with E-state index in [2.05, 4.69) is 10.7 Å². The number of carbonyl (C=O) groups excluding carboxylic acids is 2. The van der Waals surface area contributed by atoms with E-state index >= 15 is 0 Å². The Morgan fingerprint density at radius 2 is 1.58 bits per heavy atom. The van der Waals surface area contributed by atoms with Crippen LogP contribution in [0.15, 0.2) is 54.6 Å². The lowest BCUT2D eigenvalue weighted by Crippen LogP contribution is -2.58. The van der Waals surface area contributed by atoms with Gasteiger partial charge in [0.25, 0.3) is 11.8 Å². The fraction of sp³-hybridized carbons (Fsp3) is 0.211. The second kappa shape index (κ2) is 8.29. The molecule has 0 unspecified atom stereocenters. The molecule has 0 aliphatic rings. The molecular formula is C19H20ClN3O2S. The first-order valence-electron chi connectivity index (χ1n) is 7.96. The van der Waals surface area contributed by atoms with E-state index in [4.69, 9.17) is 23.8 Å². The monoisotopic (exact) mass is 389 g/mol. The van der Waals surface area contributed by atoms with Gasteiger partial charge in [-0.15, -0.1) is 0 Å². The number of hydrogen-bond acceptors (Lipinski definition) is 3. The third-order valence-corrected chi connectivity index (χ3v) is 3.98. The summed E-state index contributed by atoms with van der Waals surface area (Å²) in [4.78, 5) is 25.1. The maximum atomic E-state index is 12.8. The fourth-order valence-electron chi connectivity index (χ4n) is 2.18. The summed E-state index contributed by atoms with van der Waals surface area (Å²) in [5.41, 5.74) is 3.05. The van der Waals surface area contributed by atoms with Crippen LogP contribution in [-0.2, 0) is 0 Å². The summed E-state index contributed by atoms with van der Waals surface area (Å²) in [5.74, 6) is -0.707. The predicted octanol–water partition coefficient (Wildman–Crippen LogP) is 3.80. The summed E-state index contributed by atoms with van der Waals surface area (Å²) in [6.07, 6.45) is 0. The van der Waals surface area contributed by atoms with Crippen molar-refractivity contribution in [2.75, 3.05) is 0 Å². The smallest absolute Gasteiger partial charge is 0.272 e. The maximum absolute atomic E-state index is 12.8. The molecule has 0 bridgehead atoms. The number of nitrogens with zero attached hydrogens (tertiary/aromatic N) is 1. The van der Waals surface area contributed by atoms with Gasteiger partial charge in [0.05, 0.1) is 16.1 Å². The van der Waals surface area contributed by atoms with E-state index in [9.17, 15) is 9.59 Å². The van der Waals surface area contributed by atoms with Gasteiger partial charge in [0.1, 0.15) is 0 Å². The Bertz CT molecular complexity index is 819. The van der Waals surface area contributed by atoms with E-state index in [0.29, 0.717) is 16.1 Å². The van der Waals surface area contributed by atoms with Gasteiger partial charge in [0.15, 0.2) is 5.11 Å². The van der Waals surface area contributed by atoms with Gasteiger partial charge >= 0.3 is 0 Å². The zero-order chi connectivity index (χ0) is 19.3. The molecule has 0 saturated carbocycles. The molecule has 136 valence electrons. The minimum Gasteiger partial charge on any atom is -0.298 e. The van der Waals surface area contributed by atoms with Gasteiger partial charge < -0.3 is 0 Å². The number of benzene rings is 2. The van der Waals surface area contributed by atoms with Crippen LogP contribution in [0.5, 0.6) is 0 Å². The summed E-state index contributed by atoms with van der Waals surface area (Å²) in [6, 6.07) is 15.5. The predicted molar refractivity (Wildman–Crippen MR) is 107 cm³/mol. The lowest BCUT2D eigenvalue weighted by Gasteiger charge is -2.36. The van der Waals surface area contributed by atoms with Crippen LogP contribution in [0.4, 0.5) is 0 Å². The van der Waals surface area contributed by atoms with Crippen LogP contribution >= 0.6 is 23.8 Å². The molecular weight excluding hydrogens is 370 g/mol. The number of carbonyl (C=O) groups is 2. The van der Waals surface area contributed by atoms with Crippen molar-refractivity contribution in [1.29, 1.82) is 0 Å². The summed E-state index contributed by atoms with van der Waals surface area (Å²) < 4.78 is 0. The van der Waals surface area contributed by atoms with Crippen LogP contribution in [0.3, 0.4) is 0 Å². The van der Waals surface area contributed by atoms with E-state index < -0.39 is 11.4 Å². The minimum atomic E-state index is -0.577. The molecule has 2 N–H and O–H groups in total. The first kappa shape index (κ1) is 19.9. The van der Waals surface area contributed by atoms with Crippen LogP contribution in [0.1, 0.15) is 41.5 Å². The van der Waals surface area contributed by atoms with E-state index in [1.807, 2.05) is 26.8 Å². The Kier molecular flexibility index (Phi) is 6.34. The topological polar surface area (TPSA) is 61.4 Å². The van der Waals surface area contributed by atoms with Gasteiger partial charge in [-0.25, -0.2) is 5.01 Å². The number of nitrogens with one attached hydrogen (secondary N) is 2. The highest BCUT2D eigenvalue weighted by molar-refractivity contribution is 7.80. The fourth-order valence-corrected chi connectivity index (χ4v) is 2.58. The standard InChI is InChI=1S/C19H20ClN3O2S/c1-19(2,3)23(17(25)13-9-5-4-6-10-13)22-18(26)21-16(24)14-11-7-8-12-15(14)20/h4-12H,1-3H3,(H2,21,22,24,26). The van der Waals surface area contributed by atoms with Gasteiger partial charge in [-0.2, -0.15) is 0 Å². The van der Waals surface area contributed by atoms with E-state index in [1.165, 1.54) is 5.01 Å². The average molecular weight is 390 g/mol. The van der Waals surface area contributed by atoms with Crippen LogP contribution in [0.25, 0.3) is 0 Å². The van der Waals surface area contributed by atoms with Crippen molar-refractivity contribution >= 4 is 40.7 Å². The normalized spacial score (nSPS) is 10.8. The molecule has 0 aromatic heterocycles. The van der Waals surface area contributed by atoms with E-state index in [-0.39, 0.29) is 11.0 Å². The third kappa shape index (κ3) is 5.03. The molecule has 0 aliphatic carbocycles. The van der Waals surface area contributed by atoms with Crippen molar-refractivity contribution in [2.45, 2.75) is 26.3 Å². The van der Waals surface area contributed by atoms with Crippen molar-refractivity contribution in [3.8, 4) is 0 Å². The second-order valence-electron chi connectivity index (χ2n) is 6.55. The summed E-state index contributed by atoms with van der Waals surface area (Å²) >= 11 is 11.2. The zero-order valence-corrected chi connectivity index (χ0v) is 16.3. The number of rotatable bonds is 2. The summed E-state index contributed by atoms with van der Waals surface area (Å²) in [7, 11) is 0. The molecule has 2 aromatic rings. The van der Waals surface area contributed by atoms with Gasteiger partial charge in [0.2, 0.25) is 0 Å². The van der Waals surface area contributed by atoms with Crippen LogP contribution in [-0.4, -0.2) is 27.5 Å². The average Bonchev–Trinajstić information content (AvgIpc) is 2.59. The van der Waals surface area contributed by atoms with Crippen LogP contribution in [0.2, 0.25) is 5.02 Å². The Morgan fingerprint density at radius 1 is 1.00 bits per heavy atom. The molecule has 0 fully saturated rings. The summed E-state index contributed by atoms with van der Waals surface area (Å²) in [6.45, 7) is 5.58. The molecule has 2 amide bonds. The van der Waals surface area contributed by atoms with Gasteiger partial charge in [-0.1, -0.05) is 41.9 Å². The first-order valence-corrected chi connectivity index (χ1v) is 8.75. The van der Waals surface area contributed by atoms with Gasteiger partial charge in [0, 0.05) is 5.56 Å². The molecule has 7 heteroatoms. The number of amides is 2. The molecule has 0 atom stereocenters. The quantitative estimate of drug-likeness (QED) is 0.605. The van der Waals surface area contributed by atoms with Gasteiger partial charge in [-0.3, -0.25) is 20.3 Å². The summed E-state index contributed by atoms with van der Waals surface area (Å²) in [5, 5.41) is 4.26. The maximum Gasteiger partial charge on any atom is 0.272 e. The second-order valence-corrected chi connectivity index (χ2v) is 7.37. The first-order chi connectivity index (χ1) is 12.2. The highest BCUT2D eigenvalue weighted by atomic mass is 35.5. The molecule has 0 spiro atoms. The molecule has 2 aromatic carbocycles. The number of hydrazine groups is 1. The van der Waals surface area contributed by atoms with E-state index in [1.54, 1.807) is 48.5 Å². The molecule has 5 nitrogen and oxygen atoms in total. The molecule has 0 heterocycles. The molecule has 26 heavy (non-hydrogen) atoms. The molecule has 0 aliphatic heterocycles. The molecule has 2 rings (SSSR count). The molecule has 0 saturated heterocycles. The van der Waals surface area contributed by atoms with Gasteiger partial charge in [-0.05, 0) is 57.3 Å². The molecule has 0 radical (unpaired) electrons. The number of hydrogen-bond donors (Lipinski definition) is 2. The van der Waals surface area contributed by atoms with Crippen molar-refractivity contribution in [1.82, 2.24) is 15.8 Å². The minimum absolute atomic E-state index is 0.00845. The van der Waals surface area contributed by atoms with Crippen LogP contribution < -0.4 is 10.7 Å². The Morgan fingerprint density at radius 3 is 2.15 bits per heavy atom. The van der Waals surface area contributed by atoms with Crippen molar-refractivity contribution < 1.29 is 9.59 Å². The van der Waals surface area contributed by atoms with Crippen LogP contribution in [0, 0.1) is 0 Å². The lowest BCUT2D eigenvalue weighted by atomic mass is 10.1. The number of thiocarbonyl (C=S) groups is 1. The third-order valence-electron chi connectivity index (χ3n) is 3.45. The largest absolute Gasteiger partial charge is 0.298 e. The Balaban J connectivity index is 2.14. The Hall–Kier alpha value is -2.44. The van der Waals surface area contributed by atoms with Crippen molar-refractivity contribution in [3.63, 3.8) is 0 Å². The zero-order valence-electron chi connectivity index (χ0n) is 14.7. The van der Waals surface area contributed by atoms with Crippen molar-refractivity contribution in [2.24, 2.45) is 0 Å².